The van der Waals surface area contributed by atoms with Gasteiger partial charge in [-0.15, -0.1) is 0 Å². The van der Waals surface area contributed by atoms with E-state index < -0.39 is 0 Å². The van der Waals surface area contributed by atoms with Crippen LogP contribution in [0.3, 0.4) is 0 Å². The number of aliphatic hydroxyl groups excluding tert-OH is 1. The summed E-state index contributed by atoms with van der Waals surface area (Å²) in [7, 11) is 0. The molecular weight excluding hydrogens is 180 g/mol. The molecule has 0 fully saturated rings. The second-order valence-corrected chi connectivity index (χ2v) is 3.32. The Balaban J connectivity index is 3.35. The molecule has 0 rings (SSSR count). The first kappa shape index (κ1) is 11.6. The fourth-order valence-electron chi connectivity index (χ4n) is 0.821. The SMILES string of the molecule is CC(O)CCC(CCS)OS. The molecule has 0 bridgehead atoms. The van der Waals surface area contributed by atoms with Crippen LogP contribution in [0.1, 0.15) is 26.2 Å². The van der Waals surface area contributed by atoms with Crippen LogP contribution in [0, 0.1) is 0 Å². The van der Waals surface area contributed by atoms with Gasteiger partial charge < -0.3 is 9.29 Å². The summed E-state index contributed by atoms with van der Waals surface area (Å²) < 4.78 is 4.88. The molecule has 0 aliphatic rings. The summed E-state index contributed by atoms with van der Waals surface area (Å²) >= 11 is 7.82. The molecule has 0 saturated carbocycles. The molecule has 0 amide bonds. The van der Waals surface area contributed by atoms with Crippen LogP contribution in [0.15, 0.2) is 0 Å². The van der Waals surface area contributed by atoms with Crippen LogP contribution in [0.4, 0.5) is 0 Å². The molecule has 0 saturated heterocycles. The van der Waals surface area contributed by atoms with Crippen LogP contribution in [0.5, 0.6) is 0 Å². The summed E-state index contributed by atoms with van der Waals surface area (Å²) in [5, 5.41) is 8.97. The van der Waals surface area contributed by atoms with Gasteiger partial charge in [-0.05, 0) is 44.8 Å². The molecule has 0 aliphatic carbocycles. The van der Waals surface area contributed by atoms with Gasteiger partial charge in [0.15, 0.2) is 0 Å². The summed E-state index contributed by atoms with van der Waals surface area (Å²) in [5.74, 6) is 0.797. The summed E-state index contributed by atoms with van der Waals surface area (Å²) in [6.45, 7) is 1.77. The number of hydrogen-bond donors (Lipinski definition) is 3. The molecule has 2 unspecified atom stereocenters. The third-order valence-electron chi connectivity index (χ3n) is 1.51. The zero-order valence-electron chi connectivity index (χ0n) is 6.73. The lowest BCUT2D eigenvalue weighted by atomic mass is 10.1. The van der Waals surface area contributed by atoms with Crippen molar-refractivity contribution in [1.29, 1.82) is 0 Å². The Labute approximate surface area is 79.4 Å². The molecule has 68 valence electrons. The van der Waals surface area contributed by atoms with Gasteiger partial charge in [0, 0.05) is 0 Å². The third-order valence-corrected chi connectivity index (χ3v) is 2.06. The highest BCUT2D eigenvalue weighted by Gasteiger charge is 2.07. The van der Waals surface area contributed by atoms with Crippen LogP contribution in [-0.2, 0) is 4.18 Å². The fourth-order valence-corrected chi connectivity index (χ4v) is 1.32. The van der Waals surface area contributed by atoms with Crippen molar-refractivity contribution >= 4 is 25.5 Å². The first-order valence-corrected chi connectivity index (χ1v) is 4.79. The number of thiol groups is 2. The maximum absolute atomic E-state index is 8.97. The van der Waals surface area contributed by atoms with Gasteiger partial charge >= 0.3 is 0 Å². The Bertz CT molecular complexity index is 88.5. The van der Waals surface area contributed by atoms with Crippen molar-refractivity contribution in [3.8, 4) is 0 Å². The molecule has 0 radical (unpaired) electrons. The topological polar surface area (TPSA) is 29.5 Å². The summed E-state index contributed by atoms with van der Waals surface area (Å²) in [5.41, 5.74) is 0. The van der Waals surface area contributed by atoms with E-state index in [1.165, 1.54) is 0 Å². The van der Waals surface area contributed by atoms with Crippen LogP contribution in [0.25, 0.3) is 0 Å². The molecule has 11 heavy (non-hydrogen) atoms. The molecule has 0 spiro atoms. The van der Waals surface area contributed by atoms with Crippen LogP contribution in [-0.4, -0.2) is 23.1 Å². The molecule has 0 heterocycles. The van der Waals surface area contributed by atoms with Crippen molar-refractivity contribution in [2.45, 2.75) is 38.4 Å². The predicted molar refractivity (Wildman–Crippen MR) is 53.2 cm³/mol. The lowest BCUT2D eigenvalue weighted by molar-refractivity contribution is 0.149. The number of rotatable bonds is 6. The van der Waals surface area contributed by atoms with Crippen molar-refractivity contribution in [2.24, 2.45) is 0 Å². The lowest BCUT2D eigenvalue weighted by Crippen LogP contribution is -2.12. The first-order valence-electron chi connectivity index (χ1n) is 3.79. The van der Waals surface area contributed by atoms with E-state index in [1.807, 2.05) is 0 Å². The number of aliphatic hydroxyl groups is 1. The van der Waals surface area contributed by atoms with Crippen molar-refractivity contribution in [3.05, 3.63) is 0 Å². The van der Waals surface area contributed by atoms with Gasteiger partial charge in [0.1, 0.15) is 0 Å². The van der Waals surface area contributed by atoms with Crippen molar-refractivity contribution in [1.82, 2.24) is 0 Å². The van der Waals surface area contributed by atoms with E-state index in [2.05, 4.69) is 25.5 Å². The van der Waals surface area contributed by atoms with Crippen molar-refractivity contribution < 1.29 is 9.29 Å². The molecule has 0 aromatic heterocycles. The molecular formula is C7H16O2S2. The highest BCUT2D eigenvalue weighted by atomic mass is 32.1. The van der Waals surface area contributed by atoms with Gasteiger partial charge in [-0.1, -0.05) is 0 Å². The lowest BCUT2D eigenvalue weighted by Gasteiger charge is -2.13. The average molecular weight is 196 g/mol. The van der Waals surface area contributed by atoms with Gasteiger partial charge in [0.05, 0.1) is 12.2 Å². The Morgan fingerprint density at radius 2 is 2.00 bits per heavy atom. The summed E-state index contributed by atoms with van der Waals surface area (Å²) in [6, 6.07) is 0. The maximum Gasteiger partial charge on any atom is 0.0727 e. The van der Waals surface area contributed by atoms with Gasteiger partial charge in [0.25, 0.3) is 0 Å². The highest BCUT2D eigenvalue weighted by molar-refractivity contribution is 7.80. The van der Waals surface area contributed by atoms with E-state index in [0.29, 0.717) is 0 Å². The van der Waals surface area contributed by atoms with E-state index in [4.69, 9.17) is 9.29 Å². The fraction of sp³-hybridized carbons (Fsp3) is 1.00. The molecule has 0 aromatic rings. The van der Waals surface area contributed by atoms with Gasteiger partial charge in [-0.2, -0.15) is 12.6 Å². The van der Waals surface area contributed by atoms with Gasteiger partial charge in [-0.25, -0.2) is 0 Å². The summed E-state index contributed by atoms with van der Waals surface area (Å²) in [4.78, 5) is 0. The molecule has 0 aliphatic heterocycles. The predicted octanol–water partition coefficient (Wildman–Crippen LogP) is 1.70. The second-order valence-electron chi connectivity index (χ2n) is 2.67. The normalized spacial score (nSPS) is 16.4. The molecule has 2 nitrogen and oxygen atoms in total. The van der Waals surface area contributed by atoms with E-state index in [9.17, 15) is 0 Å². The van der Waals surface area contributed by atoms with Gasteiger partial charge in [-0.3, -0.25) is 0 Å². The van der Waals surface area contributed by atoms with E-state index in [1.54, 1.807) is 6.92 Å². The minimum absolute atomic E-state index is 0.130. The van der Waals surface area contributed by atoms with Gasteiger partial charge in [0.2, 0.25) is 0 Å². The zero-order chi connectivity index (χ0) is 8.69. The quantitative estimate of drug-likeness (QED) is 0.446. The molecule has 4 heteroatoms. The Morgan fingerprint density at radius 1 is 1.36 bits per heavy atom. The highest BCUT2D eigenvalue weighted by Crippen LogP contribution is 2.10. The van der Waals surface area contributed by atoms with E-state index in [-0.39, 0.29) is 12.2 Å². The minimum Gasteiger partial charge on any atom is -0.393 e. The van der Waals surface area contributed by atoms with Crippen LogP contribution < -0.4 is 0 Å². The van der Waals surface area contributed by atoms with Crippen molar-refractivity contribution in [3.63, 3.8) is 0 Å². The maximum atomic E-state index is 8.97. The Hall–Kier alpha value is 0.620. The monoisotopic (exact) mass is 196 g/mol. The molecule has 0 aromatic carbocycles. The molecule has 1 N–H and O–H groups in total. The Kier molecular flexibility index (Phi) is 7.69. The minimum atomic E-state index is -0.249. The largest absolute Gasteiger partial charge is 0.393 e. The first-order chi connectivity index (χ1) is 5.20. The molecule has 2 atom stereocenters. The third kappa shape index (κ3) is 7.00. The van der Waals surface area contributed by atoms with Crippen molar-refractivity contribution in [2.75, 3.05) is 5.75 Å². The summed E-state index contributed by atoms with van der Waals surface area (Å²) in [6.07, 6.45) is 2.38. The Morgan fingerprint density at radius 3 is 2.36 bits per heavy atom. The average Bonchev–Trinajstić information content (AvgIpc) is 1.97. The zero-order valence-corrected chi connectivity index (χ0v) is 8.52. The smallest absolute Gasteiger partial charge is 0.0727 e. The van der Waals surface area contributed by atoms with Crippen LogP contribution in [0.2, 0.25) is 0 Å². The standard InChI is InChI=1S/C7H16O2S2/c1-6(8)2-3-7(9-11)4-5-10/h6-8,10-11H,2-5H2,1H3. The second kappa shape index (κ2) is 7.28. The van der Waals surface area contributed by atoms with E-state index in [0.717, 1.165) is 25.0 Å². The van der Waals surface area contributed by atoms with Crippen LogP contribution >= 0.6 is 25.5 Å². The van der Waals surface area contributed by atoms with E-state index >= 15 is 0 Å². The number of hydrogen-bond acceptors (Lipinski definition) is 4.